The van der Waals surface area contributed by atoms with E-state index in [4.69, 9.17) is 0 Å². The number of halogens is 1. The van der Waals surface area contributed by atoms with Gasteiger partial charge >= 0.3 is 0 Å². The molecule has 0 saturated carbocycles. The molecule has 0 aliphatic rings. The van der Waals surface area contributed by atoms with Crippen molar-refractivity contribution in [3.8, 4) is 0 Å². The van der Waals surface area contributed by atoms with Crippen LogP contribution in [0.1, 0.15) is 18.2 Å². The molecule has 0 radical (unpaired) electrons. The van der Waals surface area contributed by atoms with Crippen molar-refractivity contribution in [2.24, 2.45) is 7.05 Å². The number of aryl methyl sites for hydroxylation is 3. The molecule has 0 aromatic carbocycles. The lowest BCUT2D eigenvalue weighted by Crippen LogP contribution is -2.02. The van der Waals surface area contributed by atoms with Crippen LogP contribution in [0, 0.1) is 12.9 Å². The molecule has 0 unspecified atom stereocenters. The Kier molecular flexibility index (Phi) is 3.12. The van der Waals surface area contributed by atoms with Gasteiger partial charge in [0.15, 0.2) is 0 Å². The first-order valence-corrected chi connectivity index (χ1v) is 5.56. The molecule has 0 spiro atoms. The Bertz CT molecular complexity index is 514. The highest BCUT2D eigenvalue weighted by Gasteiger charge is 2.12. The van der Waals surface area contributed by atoms with Crippen molar-refractivity contribution in [3.63, 3.8) is 0 Å². The molecule has 2 rings (SSSR count). The highest BCUT2D eigenvalue weighted by atomic mass is 19.1. The molecule has 0 saturated heterocycles. The largest absolute Gasteiger partial charge is 0.378 e. The van der Waals surface area contributed by atoms with Gasteiger partial charge in [0.2, 0.25) is 5.95 Å². The maximum atomic E-state index is 13.6. The van der Waals surface area contributed by atoms with Crippen molar-refractivity contribution in [2.75, 3.05) is 5.32 Å². The van der Waals surface area contributed by atoms with Crippen molar-refractivity contribution in [1.29, 1.82) is 0 Å². The number of nitrogens with one attached hydrogen (secondary N) is 1. The molecule has 0 aliphatic heterocycles. The van der Waals surface area contributed by atoms with E-state index in [1.54, 1.807) is 20.2 Å². The molecule has 0 amide bonds. The Labute approximate surface area is 99.2 Å². The van der Waals surface area contributed by atoms with Gasteiger partial charge in [0.25, 0.3) is 0 Å². The Morgan fingerprint density at radius 3 is 2.76 bits per heavy atom. The molecule has 17 heavy (non-hydrogen) atoms. The van der Waals surface area contributed by atoms with Crippen LogP contribution in [0.4, 0.5) is 10.1 Å². The van der Waals surface area contributed by atoms with Gasteiger partial charge in [-0.05, 0) is 13.8 Å². The Balaban J connectivity index is 2.07. The summed E-state index contributed by atoms with van der Waals surface area (Å²) in [5, 5.41) is 11.3. The summed E-state index contributed by atoms with van der Waals surface area (Å²) in [6, 6.07) is 0. The first-order chi connectivity index (χ1) is 8.11. The second-order valence-electron chi connectivity index (χ2n) is 3.92. The summed E-state index contributed by atoms with van der Waals surface area (Å²) in [6.07, 6.45) is 3.62. The summed E-state index contributed by atoms with van der Waals surface area (Å²) in [5.74, 6) is -0.294. The van der Waals surface area contributed by atoms with Crippen LogP contribution in [0.5, 0.6) is 0 Å². The van der Waals surface area contributed by atoms with Gasteiger partial charge in [-0.3, -0.25) is 4.68 Å². The third kappa shape index (κ3) is 2.30. The highest BCUT2D eigenvalue weighted by molar-refractivity contribution is 5.39. The molecule has 2 aromatic rings. The van der Waals surface area contributed by atoms with Crippen molar-refractivity contribution >= 4 is 5.69 Å². The van der Waals surface area contributed by atoms with E-state index in [1.807, 2.05) is 17.8 Å². The van der Waals surface area contributed by atoms with Crippen LogP contribution >= 0.6 is 0 Å². The molecule has 0 aliphatic carbocycles. The van der Waals surface area contributed by atoms with Crippen LogP contribution in [0.2, 0.25) is 0 Å². The Hall–Kier alpha value is -1.85. The third-order valence-electron chi connectivity index (χ3n) is 2.70. The predicted octanol–water partition coefficient (Wildman–Crippen LogP) is 1.70. The van der Waals surface area contributed by atoms with Crippen LogP contribution in [-0.4, -0.2) is 19.6 Å². The number of hydrogen-bond acceptors (Lipinski definition) is 3. The van der Waals surface area contributed by atoms with Gasteiger partial charge in [-0.15, -0.1) is 0 Å². The summed E-state index contributed by atoms with van der Waals surface area (Å²) in [4.78, 5) is 0. The number of aromatic nitrogens is 4. The van der Waals surface area contributed by atoms with E-state index in [-0.39, 0.29) is 5.95 Å². The van der Waals surface area contributed by atoms with Crippen LogP contribution in [0.15, 0.2) is 12.4 Å². The molecular weight excluding hydrogens is 221 g/mol. The molecule has 92 valence electrons. The van der Waals surface area contributed by atoms with Gasteiger partial charge in [0.05, 0.1) is 17.6 Å². The van der Waals surface area contributed by atoms with Gasteiger partial charge in [-0.25, -0.2) is 4.68 Å². The summed E-state index contributed by atoms with van der Waals surface area (Å²) < 4.78 is 16.7. The van der Waals surface area contributed by atoms with E-state index >= 15 is 0 Å². The second kappa shape index (κ2) is 4.57. The van der Waals surface area contributed by atoms with Crippen LogP contribution in [0.3, 0.4) is 0 Å². The molecule has 0 fully saturated rings. The summed E-state index contributed by atoms with van der Waals surface area (Å²) in [5.41, 5.74) is 2.19. The fourth-order valence-electron chi connectivity index (χ4n) is 1.69. The van der Waals surface area contributed by atoms with Gasteiger partial charge in [-0.2, -0.15) is 14.6 Å². The molecular formula is C11H16FN5. The monoisotopic (exact) mass is 237 g/mol. The van der Waals surface area contributed by atoms with Gasteiger partial charge in [-0.1, -0.05) is 0 Å². The molecule has 1 N–H and O–H groups in total. The van der Waals surface area contributed by atoms with Crippen molar-refractivity contribution in [2.45, 2.75) is 26.9 Å². The Morgan fingerprint density at radius 2 is 2.24 bits per heavy atom. The minimum Gasteiger partial charge on any atom is -0.378 e. The Morgan fingerprint density at radius 1 is 1.47 bits per heavy atom. The molecule has 2 heterocycles. The molecule has 6 heteroatoms. The zero-order chi connectivity index (χ0) is 12.4. The van der Waals surface area contributed by atoms with E-state index in [0.717, 1.165) is 12.2 Å². The van der Waals surface area contributed by atoms with Crippen LogP contribution in [0.25, 0.3) is 0 Å². The first kappa shape index (κ1) is 11.6. The topological polar surface area (TPSA) is 47.7 Å². The fourth-order valence-corrected chi connectivity index (χ4v) is 1.69. The SMILES string of the molecule is CCn1cc(NCc2c(C)nn(C)c2F)cn1. The average molecular weight is 237 g/mol. The van der Waals surface area contributed by atoms with Crippen molar-refractivity contribution < 1.29 is 4.39 Å². The lowest BCUT2D eigenvalue weighted by Gasteiger charge is -2.02. The molecule has 0 bridgehead atoms. The minimum atomic E-state index is -0.294. The number of rotatable bonds is 4. The van der Waals surface area contributed by atoms with E-state index in [2.05, 4.69) is 15.5 Å². The summed E-state index contributed by atoms with van der Waals surface area (Å²) >= 11 is 0. The summed E-state index contributed by atoms with van der Waals surface area (Å²) in [7, 11) is 1.60. The molecule has 0 atom stereocenters. The van der Waals surface area contributed by atoms with E-state index in [0.29, 0.717) is 17.8 Å². The first-order valence-electron chi connectivity index (χ1n) is 5.56. The highest BCUT2D eigenvalue weighted by Crippen LogP contribution is 2.14. The number of nitrogens with zero attached hydrogens (tertiary/aromatic N) is 4. The van der Waals surface area contributed by atoms with Crippen molar-refractivity contribution in [1.82, 2.24) is 19.6 Å². The van der Waals surface area contributed by atoms with Crippen LogP contribution in [-0.2, 0) is 20.1 Å². The maximum Gasteiger partial charge on any atom is 0.216 e. The zero-order valence-corrected chi connectivity index (χ0v) is 10.2. The zero-order valence-electron chi connectivity index (χ0n) is 10.2. The third-order valence-corrected chi connectivity index (χ3v) is 2.70. The normalized spacial score (nSPS) is 10.8. The predicted molar refractivity (Wildman–Crippen MR) is 63.1 cm³/mol. The van der Waals surface area contributed by atoms with Gasteiger partial charge in [0.1, 0.15) is 0 Å². The maximum absolute atomic E-state index is 13.6. The summed E-state index contributed by atoms with van der Waals surface area (Å²) in [6.45, 7) is 5.06. The van der Waals surface area contributed by atoms with E-state index in [1.165, 1.54) is 4.68 Å². The quantitative estimate of drug-likeness (QED) is 0.880. The van der Waals surface area contributed by atoms with Gasteiger partial charge < -0.3 is 5.32 Å². The lowest BCUT2D eigenvalue weighted by molar-refractivity contribution is 0.496. The second-order valence-corrected chi connectivity index (χ2v) is 3.92. The minimum absolute atomic E-state index is 0.294. The fraction of sp³-hybridized carbons (Fsp3) is 0.455. The number of anilines is 1. The smallest absolute Gasteiger partial charge is 0.216 e. The number of hydrogen-bond donors (Lipinski definition) is 1. The van der Waals surface area contributed by atoms with Crippen molar-refractivity contribution in [3.05, 3.63) is 29.6 Å². The van der Waals surface area contributed by atoms with Crippen LogP contribution < -0.4 is 5.32 Å². The standard InChI is InChI=1S/C11H16FN5/c1-4-17-7-9(5-14-17)13-6-10-8(2)15-16(3)11(10)12/h5,7,13H,4,6H2,1-3H3. The van der Waals surface area contributed by atoms with E-state index < -0.39 is 0 Å². The molecule has 5 nitrogen and oxygen atoms in total. The van der Waals surface area contributed by atoms with Gasteiger partial charge in [0, 0.05) is 31.9 Å². The van der Waals surface area contributed by atoms with E-state index in [9.17, 15) is 4.39 Å². The average Bonchev–Trinajstić information content (AvgIpc) is 2.84. The molecule has 2 aromatic heterocycles. The lowest BCUT2D eigenvalue weighted by atomic mass is 10.2.